The zero-order valence-corrected chi connectivity index (χ0v) is 29.4. The smallest absolute Gasteiger partial charge is 0.0433 e. The molecule has 0 saturated carbocycles. The fourth-order valence-electron chi connectivity index (χ4n) is 7.70. The van der Waals surface area contributed by atoms with Crippen LogP contribution in [0.2, 0.25) is 0 Å². The van der Waals surface area contributed by atoms with Crippen molar-refractivity contribution in [2.75, 3.05) is 0 Å². The van der Waals surface area contributed by atoms with Crippen molar-refractivity contribution in [3.8, 4) is 11.1 Å². The first kappa shape index (κ1) is 31.6. The molecule has 0 aliphatic heterocycles. The van der Waals surface area contributed by atoms with E-state index in [1.165, 1.54) is 66.4 Å². The van der Waals surface area contributed by atoms with Crippen LogP contribution in [0.3, 0.4) is 0 Å². The van der Waals surface area contributed by atoms with E-state index in [9.17, 15) is 0 Å². The Kier molecular flexibility index (Phi) is 9.70. The molecule has 0 fully saturated rings. The third-order valence-corrected chi connectivity index (χ3v) is 11.7. The molecule has 1 atom stereocenters. The summed E-state index contributed by atoms with van der Waals surface area (Å²) in [6, 6.07) is 56.4. The summed E-state index contributed by atoms with van der Waals surface area (Å²) in [5, 5.41) is 2.70. The highest BCUT2D eigenvalue weighted by Crippen LogP contribution is 2.46. The van der Waals surface area contributed by atoms with Crippen LogP contribution < -0.4 is 0 Å². The lowest BCUT2D eigenvalue weighted by Gasteiger charge is -2.36. The monoisotopic (exact) mass is 692 g/mol. The molecule has 234 valence electrons. The number of rotatable bonds is 12. The van der Waals surface area contributed by atoms with Crippen molar-refractivity contribution in [2.24, 2.45) is 0 Å². The van der Waals surface area contributed by atoms with Crippen molar-refractivity contribution in [3.63, 3.8) is 0 Å². The van der Waals surface area contributed by atoms with Crippen LogP contribution in [0.15, 0.2) is 156 Å². The van der Waals surface area contributed by atoms with Gasteiger partial charge in [-0.1, -0.05) is 176 Å². The molecule has 47 heavy (non-hydrogen) atoms. The zero-order valence-electron chi connectivity index (χ0n) is 27.0. The van der Waals surface area contributed by atoms with Crippen molar-refractivity contribution in [3.05, 3.63) is 178 Å². The summed E-state index contributed by atoms with van der Waals surface area (Å²) >= 11 is 5.73. The predicted molar refractivity (Wildman–Crippen MR) is 208 cm³/mol. The first-order valence-electron chi connectivity index (χ1n) is 17.0. The number of hydrogen-bond acceptors (Lipinski definition) is 1. The molecule has 0 saturated heterocycles. The summed E-state index contributed by atoms with van der Waals surface area (Å²) in [4.78, 5) is 0. The molecule has 0 aliphatic carbocycles. The maximum atomic E-state index is 3.81. The Hall–Kier alpha value is -3.98. The number of unbranched alkanes of at least 4 members (excludes halogenated alkanes) is 1. The molecule has 2 heteroatoms. The summed E-state index contributed by atoms with van der Waals surface area (Å²) in [7, 11) is 0. The Labute approximate surface area is 292 Å². The largest absolute Gasteiger partial charge is 0.135 e. The van der Waals surface area contributed by atoms with Gasteiger partial charge in [0.2, 0.25) is 0 Å². The minimum Gasteiger partial charge on any atom is -0.135 e. The Morgan fingerprint density at radius 3 is 1.96 bits per heavy atom. The number of benzene rings is 6. The summed E-state index contributed by atoms with van der Waals surface area (Å²) in [5.74, 6) is 0.267. The number of halogens is 1. The van der Waals surface area contributed by atoms with Crippen LogP contribution in [0.4, 0.5) is 0 Å². The van der Waals surface area contributed by atoms with Crippen molar-refractivity contribution in [1.82, 2.24) is 0 Å². The fraction of sp³-hybridized carbons (Fsp3) is 0.200. The highest BCUT2D eigenvalue weighted by molar-refractivity contribution is 9.10. The van der Waals surface area contributed by atoms with E-state index in [4.69, 9.17) is 0 Å². The van der Waals surface area contributed by atoms with Gasteiger partial charge in [-0.25, -0.2) is 0 Å². The molecule has 0 nitrogen and oxygen atoms in total. The Bertz CT molecular complexity index is 2040. The molecular formula is C45H41BrS. The molecule has 0 N–H and O–H groups in total. The van der Waals surface area contributed by atoms with E-state index in [1.807, 2.05) is 11.3 Å². The van der Waals surface area contributed by atoms with E-state index in [2.05, 4.69) is 175 Å². The molecule has 0 bridgehead atoms. The summed E-state index contributed by atoms with van der Waals surface area (Å²) < 4.78 is 3.86. The SMILES string of the molecule is CCCCC(CCCC(c1cccc(Br)c1)c1ccccc1-c1cccc2c1sc1ccccc12)(c1ccccc1)c1ccccc1. The molecule has 1 unspecified atom stereocenters. The normalized spacial score (nSPS) is 12.5. The summed E-state index contributed by atoms with van der Waals surface area (Å²) in [5.41, 5.74) is 8.33. The van der Waals surface area contributed by atoms with Crippen molar-refractivity contribution < 1.29 is 0 Å². The second kappa shape index (κ2) is 14.4. The molecule has 7 rings (SSSR count). The Morgan fingerprint density at radius 2 is 1.21 bits per heavy atom. The van der Waals surface area contributed by atoms with Crippen molar-refractivity contribution in [2.45, 2.75) is 56.8 Å². The minimum absolute atomic E-state index is 0.0114. The zero-order chi connectivity index (χ0) is 32.1. The summed E-state index contributed by atoms with van der Waals surface area (Å²) in [6.45, 7) is 2.32. The lowest BCUT2D eigenvalue weighted by molar-refractivity contribution is 0.398. The number of thiophene rings is 1. The van der Waals surface area contributed by atoms with Gasteiger partial charge in [-0.15, -0.1) is 11.3 Å². The molecule has 6 aromatic carbocycles. The first-order valence-corrected chi connectivity index (χ1v) is 18.6. The number of fused-ring (bicyclic) bond motifs is 3. The average molecular weight is 694 g/mol. The van der Waals surface area contributed by atoms with E-state index in [0.29, 0.717) is 0 Å². The van der Waals surface area contributed by atoms with Gasteiger partial charge in [-0.05, 0) is 70.8 Å². The molecule has 0 amide bonds. The third kappa shape index (κ3) is 6.47. The Morgan fingerprint density at radius 1 is 0.596 bits per heavy atom. The second-order valence-corrected chi connectivity index (χ2v) is 14.8. The van der Waals surface area contributed by atoms with Gasteiger partial charge >= 0.3 is 0 Å². The third-order valence-electron chi connectivity index (χ3n) is 9.99. The van der Waals surface area contributed by atoms with E-state index < -0.39 is 0 Å². The van der Waals surface area contributed by atoms with Gasteiger partial charge < -0.3 is 0 Å². The van der Waals surface area contributed by atoms with Crippen LogP contribution in [0.25, 0.3) is 31.3 Å². The summed E-state index contributed by atoms with van der Waals surface area (Å²) in [6.07, 6.45) is 6.86. The van der Waals surface area contributed by atoms with Crippen molar-refractivity contribution in [1.29, 1.82) is 0 Å². The lowest BCUT2D eigenvalue weighted by Crippen LogP contribution is -2.28. The molecule has 1 heterocycles. The van der Waals surface area contributed by atoms with Crippen LogP contribution in [0.5, 0.6) is 0 Å². The van der Waals surface area contributed by atoms with Gasteiger partial charge in [0.1, 0.15) is 0 Å². The highest BCUT2D eigenvalue weighted by Gasteiger charge is 2.33. The quantitative estimate of drug-likeness (QED) is 0.120. The topological polar surface area (TPSA) is 0 Å². The Balaban J connectivity index is 1.31. The second-order valence-electron chi connectivity index (χ2n) is 12.8. The van der Waals surface area contributed by atoms with Gasteiger partial charge in [0.15, 0.2) is 0 Å². The molecule has 0 radical (unpaired) electrons. The van der Waals surface area contributed by atoms with Gasteiger partial charge in [0.25, 0.3) is 0 Å². The van der Waals surface area contributed by atoms with E-state index in [1.54, 1.807) is 0 Å². The van der Waals surface area contributed by atoms with Gasteiger partial charge in [0.05, 0.1) is 0 Å². The molecule has 0 aliphatic rings. The van der Waals surface area contributed by atoms with Crippen molar-refractivity contribution >= 4 is 47.4 Å². The molecular weight excluding hydrogens is 652 g/mol. The van der Waals surface area contributed by atoms with Crippen LogP contribution in [-0.2, 0) is 5.41 Å². The predicted octanol–water partition coefficient (Wildman–Crippen LogP) is 14.0. The first-order chi connectivity index (χ1) is 23.2. The minimum atomic E-state index is -0.0114. The highest BCUT2D eigenvalue weighted by atomic mass is 79.9. The lowest BCUT2D eigenvalue weighted by atomic mass is 9.67. The van der Waals surface area contributed by atoms with Crippen LogP contribution in [-0.4, -0.2) is 0 Å². The molecule has 0 spiro atoms. The number of hydrogen-bond donors (Lipinski definition) is 0. The fourth-order valence-corrected chi connectivity index (χ4v) is 9.35. The van der Waals surface area contributed by atoms with Gasteiger partial charge in [0, 0.05) is 36.0 Å². The van der Waals surface area contributed by atoms with E-state index in [-0.39, 0.29) is 11.3 Å². The standard InChI is InChI=1S/C45H41BrS/c1-2-3-30-45(34-18-6-4-7-19-34,35-20-8-5-9-21-35)31-16-28-37(33-17-14-22-36(46)32-33)38-23-10-11-24-39(38)41-26-15-27-42-40-25-12-13-29-43(40)47-44(41)42/h4-15,17-27,29,32,37H,2-3,16,28,30-31H2,1H3. The van der Waals surface area contributed by atoms with Gasteiger partial charge in [-0.2, -0.15) is 0 Å². The van der Waals surface area contributed by atoms with E-state index >= 15 is 0 Å². The van der Waals surface area contributed by atoms with Crippen LogP contribution >= 0.6 is 27.3 Å². The molecule has 1 aromatic heterocycles. The maximum absolute atomic E-state index is 3.81. The molecule has 7 aromatic rings. The van der Waals surface area contributed by atoms with Crippen LogP contribution in [0.1, 0.15) is 73.6 Å². The van der Waals surface area contributed by atoms with Gasteiger partial charge in [-0.3, -0.25) is 0 Å². The average Bonchev–Trinajstić information content (AvgIpc) is 3.51. The maximum Gasteiger partial charge on any atom is 0.0433 e. The van der Waals surface area contributed by atoms with E-state index in [0.717, 1.165) is 30.2 Å². The van der Waals surface area contributed by atoms with Crippen LogP contribution in [0, 0.1) is 0 Å².